The number of ether oxygens (including phenoxy) is 1. The summed E-state index contributed by atoms with van der Waals surface area (Å²) in [5.41, 5.74) is 8.91. The average Bonchev–Trinajstić information content (AvgIpc) is 3.31. The Morgan fingerprint density at radius 2 is 1.78 bits per heavy atom. The Kier molecular flexibility index (Phi) is 6.48. The first-order chi connectivity index (χ1) is 19.9. The van der Waals surface area contributed by atoms with E-state index in [2.05, 4.69) is 15.3 Å². The summed E-state index contributed by atoms with van der Waals surface area (Å²) < 4.78 is 26.5. The quantitative estimate of drug-likeness (QED) is 0.241. The molecule has 3 N–H and O–H groups in total. The Hall–Kier alpha value is -5.77. The molecule has 0 bridgehead atoms. The molecule has 3 heterocycles. The fraction of sp³-hybridized carbons (Fsp3) is 0.0323. The summed E-state index contributed by atoms with van der Waals surface area (Å²) in [6.07, 6.45) is 2.87. The van der Waals surface area contributed by atoms with Crippen molar-refractivity contribution in [1.82, 2.24) is 14.5 Å². The maximum absolute atomic E-state index is 13.3. The first-order valence-corrected chi connectivity index (χ1v) is 12.5. The second-order valence-electron chi connectivity index (χ2n) is 9.17. The molecule has 6 rings (SSSR count). The van der Waals surface area contributed by atoms with Gasteiger partial charge in [0.15, 0.2) is 0 Å². The molecule has 9 nitrogen and oxygen atoms in total. The van der Waals surface area contributed by atoms with E-state index in [9.17, 15) is 14.0 Å². The van der Waals surface area contributed by atoms with Crippen LogP contribution in [0.1, 0.15) is 16.1 Å². The monoisotopic (exact) mass is 547 g/mol. The van der Waals surface area contributed by atoms with Crippen LogP contribution in [0, 0.1) is 12.7 Å². The number of amides is 1. The summed E-state index contributed by atoms with van der Waals surface area (Å²) in [7, 11) is 0. The number of aromatic nitrogens is 3. The lowest BCUT2D eigenvalue weighted by Gasteiger charge is -2.10. The average molecular weight is 548 g/mol. The van der Waals surface area contributed by atoms with Crippen LogP contribution in [0.3, 0.4) is 0 Å². The molecule has 41 heavy (non-hydrogen) atoms. The molecule has 0 unspecified atom stereocenters. The van der Waals surface area contributed by atoms with Gasteiger partial charge in [-0.1, -0.05) is 12.1 Å². The van der Waals surface area contributed by atoms with Gasteiger partial charge < -0.3 is 20.2 Å². The standard InChI is InChI=1S/C31H22FN5O4/c1-18-26(19-4-2-5-21(33)16-19)27-29(40-18)34-17-35-30(27)41-24-13-9-22(10-14-24)36-28(38)25-6-3-15-37(31(25)39)23-11-7-20(32)8-12-23/h2-17H,33H2,1H3,(H,36,38). The van der Waals surface area contributed by atoms with Crippen LogP contribution in [-0.2, 0) is 0 Å². The second kappa shape index (κ2) is 10.4. The number of rotatable bonds is 6. The van der Waals surface area contributed by atoms with Gasteiger partial charge in [-0.15, -0.1) is 0 Å². The van der Waals surface area contributed by atoms with E-state index < -0.39 is 17.3 Å². The van der Waals surface area contributed by atoms with Crippen molar-refractivity contribution in [1.29, 1.82) is 0 Å². The summed E-state index contributed by atoms with van der Waals surface area (Å²) in [5.74, 6) is 0.395. The Morgan fingerprint density at radius 3 is 2.54 bits per heavy atom. The molecule has 3 aromatic heterocycles. The summed E-state index contributed by atoms with van der Waals surface area (Å²) >= 11 is 0. The van der Waals surface area contributed by atoms with Gasteiger partial charge in [0, 0.05) is 28.8 Å². The molecule has 0 aliphatic heterocycles. The molecule has 0 fully saturated rings. The maximum Gasteiger partial charge on any atom is 0.267 e. The molecule has 0 aliphatic carbocycles. The van der Waals surface area contributed by atoms with Crippen LogP contribution in [-0.4, -0.2) is 20.4 Å². The summed E-state index contributed by atoms with van der Waals surface area (Å²) in [6, 6.07) is 22.5. The van der Waals surface area contributed by atoms with Gasteiger partial charge in [0.2, 0.25) is 11.6 Å². The number of nitrogens with one attached hydrogen (secondary N) is 1. The highest BCUT2D eigenvalue weighted by molar-refractivity contribution is 6.04. The Bertz CT molecular complexity index is 1960. The van der Waals surface area contributed by atoms with Gasteiger partial charge in [-0.25, -0.2) is 14.4 Å². The van der Waals surface area contributed by atoms with E-state index in [1.54, 1.807) is 36.4 Å². The number of hydrogen-bond acceptors (Lipinski definition) is 7. The molecule has 0 saturated heterocycles. The number of halogens is 1. The highest BCUT2D eigenvalue weighted by atomic mass is 19.1. The topological polar surface area (TPSA) is 125 Å². The lowest BCUT2D eigenvalue weighted by molar-refractivity contribution is 0.102. The number of furan rings is 1. The molecular weight excluding hydrogens is 525 g/mol. The third-order valence-electron chi connectivity index (χ3n) is 6.43. The minimum Gasteiger partial charge on any atom is -0.442 e. The van der Waals surface area contributed by atoms with Gasteiger partial charge in [0.1, 0.15) is 34.6 Å². The van der Waals surface area contributed by atoms with Crippen molar-refractivity contribution in [3.8, 4) is 28.4 Å². The summed E-state index contributed by atoms with van der Waals surface area (Å²) in [6.45, 7) is 1.84. The molecule has 0 aliphatic rings. The minimum atomic E-state index is -0.585. The number of aryl methyl sites for hydroxylation is 1. The highest BCUT2D eigenvalue weighted by Crippen LogP contribution is 2.39. The molecule has 202 valence electrons. The zero-order valence-corrected chi connectivity index (χ0v) is 21.7. The lowest BCUT2D eigenvalue weighted by Crippen LogP contribution is -2.27. The van der Waals surface area contributed by atoms with Gasteiger partial charge in [-0.05, 0) is 85.3 Å². The molecular formula is C31H22FN5O4. The Morgan fingerprint density at radius 1 is 1.00 bits per heavy atom. The fourth-order valence-corrected chi connectivity index (χ4v) is 4.53. The van der Waals surface area contributed by atoms with Crippen molar-refractivity contribution < 1.29 is 18.3 Å². The third kappa shape index (κ3) is 5.01. The van der Waals surface area contributed by atoms with E-state index in [0.717, 1.165) is 11.1 Å². The van der Waals surface area contributed by atoms with Gasteiger partial charge in [-0.2, -0.15) is 0 Å². The van der Waals surface area contributed by atoms with Crippen LogP contribution in [0.25, 0.3) is 27.9 Å². The Balaban J connectivity index is 1.24. The van der Waals surface area contributed by atoms with Crippen molar-refractivity contribution in [2.24, 2.45) is 0 Å². The molecule has 10 heteroatoms. The number of nitrogens with two attached hydrogens (primary N) is 1. The smallest absolute Gasteiger partial charge is 0.267 e. The van der Waals surface area contributed by atoms with E-state index in [-0.39, 0.29) is 5.56 Å². The number of benzene rings is 3. The number of carbonyl (C=O) groups is 1. The van der Waals surface area contributed by atoms with Crippen LogP contribution in [0.4, 0.5) is 15.8 Å². The lowest BCUT2D eigenvalue weighted by atomic mass is 10.0. The van der Waals surface area contributed by atoms with Crippen LogP contribution >= 0.6 is 0 Å². The van der Waals surface area contributed by atoms with Crippen molar-refractivity contribution in [3.05, 3.63) is 125 Å². The van der Waals surface area contributed by atoms with Crippen LogP contribution < -0.4 is 21.3 Å². The van der Waals surface area contributed by atoms with Crippen molar-refractivity contribution in [2.45, 2.75) is 6.92 Å². The third-order valence-corrected chi connectivity index (χ3v) is 6.43. The normalized spacial score (nSPS) is 11.0. The molecule has 0 atom stereocenters. The largest absolute Gasteiger partial charge is 0.442 e. The first kappa shape index (κ1) is 25.5. The molecule has 1 amide bonds. The summed E-state index contributed by atoms with van der Waals surface area (Å²) in [5, 5.41) is 3.33. The molecule has 3 aromatic carbocycles. The van der Waals surface area contributed by atoms with Gasteiger partial charge in [0.25, 0.3) is 11.5 Å². The number of hydrogen-bond donors (Lipinski definition) is 2. The van der Waals surface area contributed by atoms with E-state index >= 15 is 0 Å². The predicted octanol–water partition coefficient (Wildman–Crippen LogP) is 6.12. The van der Waals surface area contributed by atoms with Crippen molar-refractivity contribution in [3.63, 3.8) is 0 Å². The van der Waals surface area contributed by atoms with E-state index in [1.807, 2.05) is 25.1 Å². The Labute approximate surface area is 232 Å². The van der Waals surface area contributed by atoms with Gasteiger partial charge >= 0.3 is 0 Å². The molecule has 0 spiro atoms. The van der Waals surface area contributed by atoms with E-state index in [0.29, 0.717) is 45.6 Å². The van der Waals surface area contributed by atoms with E-state index in [4.69, 9.17) is 14.9 Å². The van der Waals surface area contributed by atoms with Gasteiger partial charge in [-0.3, -0.25) is 14.2 Å². The number of nitrogen functional groups attached to an aromatic ring is 1. The van der Waals surface area contributed by atoms with E-state index in [1.165, 1.54) is 47.4 Å². The molecule has 0 saturated carbocycles. The molecule has 0 radical (unpaired) electrons. The van der Waals surface area contributed by atoms with Crippen molar-refractivity contribution in [2.75, 3.05) is 11.1 Å². The first-order valence-electron chi connectivity index (χ1n) is 12.5. The van der Waals surface area contributed by atoms with Gasteiger partial charge in [0.05, 0.1) is 0 Å². The van der Waals surface area contributed by atoms with Crippen LogP contribution in [0.5, 0.6) is 11.6 Å². The number of pyridine rings is 1. The summed E-state index contributed by atoms with van der Waals surface area (Å²) in [4.78, 5) is 34.5. The maximum atomic E-state index is 13.3. The fourth-order valence-electron chi connectivity index (χ4n) is 4.53. The second-order valence-corrected chi connectivity index (χ2v) is 9.17. The number of anilines is 2. The number of nitrogens with zero attached hydrogens (tertiary/aromatic N) is 3. The minimum absolute atomic E-state index is 0.0649. The zero-order chi connectivity index (χ0) is 28.5. The number of fused-ring (bicyclic) bond motifs is 1. The van der Waals surface area contributed by atoms with Crippen LogP contribution in [0.2, 0.25) is 0 Å². The van der Waals surface area contributed by atoms with Crippen molar-refractivity contribution >= 4 is 28.4 Å². The predicted molar refractivity (Wildman–Crippen MR) is 153 cm³/mol. The highest BCUT2D eigenvalue weighted by Gasteiger charge is 2.20. The van der Waals surface area contributed by atoms with Crippen LogP contribution in [0.15, 0.2) is 107 Å². The SMILES string of the molecule is Cc1oc2ncnc(Oc3ccc(NC(=O)c4cccn(-c5ccc(F)cc5)c4=O)cc3)c2c1-c1cccc(N)c1. The zero-order valence-electron chi connectivity index (χ0n) is 21.7. The number of carbonyl (C=O) groups excluding carboxylic acids is 1. The molecule has 6 aromatic rings.